The fraction of sp³-hybridized carbons (Fsp3) is 0.238. The van der Waals surface area contributed by atoms with E-state index in [0.717, 1.165) is 0 Å². The van der Waals surface area contributed by atoms with Crippen LogP contribution in [0.4, 0.5) is 0 Å². The van der Waals surface area contributed by atoms with Gasteiger partial charge in [0.25, 0.3) is 0 Å². The fourth-order valence-corrected chi connectivity index (χ4v) is 9.39. The molecule has 0 amide bonds. The molecule has 0 saturated heterocycles. The molecule has 0 fully saturated rings. The smallest absolute Gasteiger partial charge is 0.120 e. The van der Waals surface area contributed by atoms with Crippen LogP contribution in [0, 0.1) is 12.3 Å². The van der Waals surface area contributed by atoms with Crippen molar-refractivity contribution in [3.63, 3.8) is 0 Å². The quantitative estimate of drug-likeness (QED) is 0.450. The van der Waals surface area contributed by atoms with Gasteiger partial charge in [0.1, 0.15) is 8.07 Å². The predicted octanol–water partition coefficient (Wildman–Crippen LogP) is 4.24. The molecule has 1 heteroatoms. The first-order chi connectivity index (χ1) is 10.5. The van der Waals surface area contributed by atoms with Crippen LogP contribution in [0.2, 0.25) is 10.6 Å². The van der Waals surface area contributed by atoms with Crippen molar-refractivity contribution in [1.29, 1.82) is 0 Å². The van der Waals surface area contributed by atoms with Crippen LogP contribution in [0.5, 0.6) is 0 Å². The van der Waals surface area contributed by atoms with E-state index >= 15 is 0 Å². The van der Waals surface area contributed by atoms with Crippen molar-refractivity contribution >= 4 is 18.4 Å². The van der Waals surface area contributed by atoms with E-state index in [-0.39, 0.29) is 10.6 Å². The average molecular weight is 305 g/mol. The van der Waals surface area contributed by atoms with Gasteiger partial charge in [-0.3, -0.25) is 0 Å². The third-order valence-corrected chi connectivity index (χ3v) is 10.7. The Morgan fingerprint density at radius 1 is 0.955 bits per heavy atom. The van der Waals surface area contributed by atoms with E-state index < -0.39 is 8.07 Å². The summed E-state index contributed by atoms with van der Waals surface area (Å²) in [5.41, 5.74) is 0.0531. The average Bonchev–Trinajstić information content (AvgIpc) is 2.53. The molecule has 0 bridgehead atoms. The molecule has 0 spiro atoms. The summed E-state index contributed by atoms with van der Waals surface area (Å²) in [4.78, 5) is 0. The SMILES string of the molecule is C#CC(C=C)[Si](c1ccccc1)(c1ccccc1)C(C)(C)C. The fourth-order valence-electron chi connectivity index (χ4n) is 3.63. The minimum atomic E-state index is -2.23. The number of benzene rings is 2. The lowest BCUT2D eigenvalue weighted by Gasteiger charge is -2.46. The Morgan fingerprint density at radius 2 is 1.36 bits per heavy atom. The van der Waals surface area contributed by atoms with Crippen molar-refractivity contribution in [3.8, 4) is 12.3 Å². The number of terminal acetylenes is 1. The monoisotopic (exact) mass is 304 g/mol. The lowest BCUT2D eigenvalue weighted by Crippen LogP contribution is -2.66. The van der Waals surface area contributed by atoms with Crippen LogP contribution in [0.15, 0.2) is 73.3 Å². The van der Waals surface area contributed by atoms with E-state index in [0.29, 0.717) is 0 Å². The van der Waals surface area contributed by atoms with Crippen molar-refractivity contribution in [1.82, 2.24) is 0 Å². The zero-order valence-corrected chi connectivity index (χ0v) is 14.7. The Labute approximate surface area is 135 Å². The summed E-state index contributed by atoms with van der Waals surface area (Å²) in [5, 5.41) is 2.81. The van der Waals surface area contributed by atoms with Crippen LogP contribution in [-0.2, 0) is 0 Å². The van der Waals surface area contributed by atoms with Crippen LogP contribution >= 0.6 is 0 Å². The summed E-state index contributed by atoms with van der Waals surface area (Å²) in [6.07, 6.45) is 7.92. The topological polar surface area (TPSA) is 0 Å². The summed E-state index contributed by atoms with van der Waals surface area (Å²) >= 11 is 0. The highest BCUT2D eigenvalue weighted by Gasteiger charge is 2.51. The second-order valence-electron chi connectivity index (χ2n) is 6.67. The van der Waals surface area contributed by atoms with Gasteiger partial charge in [0.2, 0.25) is 0 Å². The third-order valence-electron chi connectivity index (χ3n) is 4.52. The molecule has 0 saturated carbocycles. The van der Waals surface area contributed by atoms with E-state index in [1.807, 2.05) is 6.08 Å². The van der Waals surface area contributed by atoms with Gasteiger partial charge in [-0.1, -0.05) is 97.9 Å². The van der Waals surface area contributed by atoms with Gasteiger partial charge in [-0.15, -0.1) is 18.9 Å². The molecule has 0 aromatic heterocycles. The summed E-state index contributed by atoms with van der Waals surface area (Å²) in [5.74, 6) is 3.04. The lowest BCUT2D eigenvalue weighted by atomic mass is 10.2. The Bertz CT molecular complexity index is 617. The maximum absolute atomic E-state index is 5.95. The zero-order chi connectivity index (χ0) is 16.2. The largest absolute Gasteiger partial charge is 0.142 e. The first-order valence-electron chi connectivity index (χ1n) is 7.68. The number of hydrogen-bond acceptors (Lipinski definition) is 0. The molecule has 0 aliphatic carbocycles. The molecule has 2 aromatic rings. The molecule has 0 heterocycles. The van der Waals surface area contributed by atoms with E-state index in [2.05, 4.69) is 93.9 Å². The highest BCUT2D eigenvalue weighted by molar-refractivity contribution is 7.06. The highest BCUT2D eigenvalue weighted by Crippen LogP contribution is 2.43. The minimum absolute atomic E-state index is 0.0531. The van der Waals surface area contributed by atoms with Gasteiger partial charge >= 0.3 is 0 Å². The summed E-state index contributed by atoms with van der Waals surface area (Å²) < 4.78 is 0. The van der Waals surface area contributed by atoms with Crippen LogP contribution in [0.1, 0.15) is 20.8 Å². The van der Waals surface area contributed by atoms with Crippen molar-refractivity contribution in [2.45, 2.75) is 31.4 Å². The normalized spacial score (nSPS) is 13.2. The van der Waals surface area contributed by atoms with Crippen molar-refractivity contribution in [2.24, 2.45) is 0 Å². The van der Waals surface area contributed by atoms with Crippen LogP contribution in [-0.4, -0.2) is 8.07 Å². The molecule has 0 aliphatic rings. The van der Waals surface area contributed by atoms with Gasteiger partial charge in [0.05, 0.1) is 0 Å². The zero-order valence-electron chi connectivity index (χ0n) is 13.7. The minimum Gasteiger partial charge on any atom is -0.120 e. The Balaban J connectivity index is 2.88. The van der Waals surface area contributed by atoms with E-state index in [1.54, 1.807) is 0 Å². The van der Waals surface area contributed by atoms with E-state index in [1.165, 1.54) is 10.4 Å². The summed E-state index contributed by atoms with van der Waals surface area (Å²) in [6, 6.07) is 21.5. The van der Waals surface area contributed by atoms with Crippen LogP contribution in [0.3, 0.4) is 0 Å². The molecule has 2 rings (SSSR count). The molecule has 0 N–H and O–H groups in total. The van der Waals surface area contributed by atoms with Gasteiger partial charge in [-0.05, 0) is 5.04 Å². The number of rotatable bonds is 4. The van der Waals surface area contributed by atoms with Gasteiger partial charge in [-0.2, -0.15) is 0 Å². The van der Waals surface area contributed by atoms with Gasteiger partial charge < -0.3 is 0 Å². The first kappa shape index (κ1) is 16.3. The highest BCUT2D eigenvalue weighted by atomic mass is 28.3. The maximum atomic E-state index is 5.95. The molecule has 2 aromatic carbocycles. The van der Waals surface area contributed by atoms with Crippen molar-refractivity contribution in [2.75, 3.05) is 0 Å². The molecule has 112 valence electrons. The summed E-state index contributed by atoms with van der Waals surface area (Å²) in [6.45, 7) is 11.0. The molecule has 1 atom stereocenters. The Morgan fingerprint density at radius 3 is 1.64 bits per heavy atom. The lowest BCUT2D eigenvalue weighted by molar-refractivity contribution is 0.724. The van der Waals surface area contributed by atoms with Gasteiger partial charge in [0, 0.05) is 5.54 Å². The molecular formula is C21H24Si. The van der Waals surface area contributed by atoms with Gasteiger partial charge in [-0.25, -0.2) is 0 Å². The Kier molecular flexibility index (Phi) is 4.73. The number of allylic oxidation sites excluding steroid dienone is 1. The third kappa shape index (κ3) is 2.55. The predicted molar refractivity (Wildman–Crippen MR) is 100 cm³/mol. The van der Waals surface area contributed by atoms with Crippen molar-refractivity contribution < 1.29 is 0 Å². The molecule has 22 heavy (non-hydrogen) atoms. The van der Waals surface area contributed by atoms with Crippen molar-refractivity contribution in [3.05, 3.63) is 73.3 Å². The maximum Gasteiger partial charge on any atom is 0.142 e. The molecule has 0 nitrogen and oxygen atoms in total. The van der Waals surface area contributed by atoms with Gasteiger partial charge in [0.15, 0.2) is 0 Å². The number of hydrogen-bond donors (Lipinski definition) is 0. The Hall–Kier alpha value is -2.04. The second kappa shape index (κ2) is 6.38. The van der Waals surface area contributed by atoms with Crippen LogP contribution < -0.4 is 10.4 Å². The summed E-state index contributed by atoms with van der Waals surface area (Å²) in [7, 11) is -2.23. The molecule has 0 radical (unpaired) electrons. The van der Waals surface area contributed by atoms with Crippen LogP contribution in [0.25, 0.3) is 0 Å². The van der Waals surface area contributed by atoms with E-state index in [9.17, 15) is 0 Å². The second-order valence-corrected chi connectivity index (χ2v) is 11.6. The standard InChI is InChI=1S/C21H24Si/c1-6-18(7-2)22(21(3,4)5,19-14-10-8-11-15-19)20-16-12-9-13-17-20/h1,7-18H,2H2,3-5H3. The van der Waals surface area contributed by atoms with E-state index in [4.69, 9.17) is 6.42 Å². The molecule has 1 unspecified atom stereocenters. The molecule has 0 aliphatic heterocycles. The first-order valence-corrected chi connectivity index (χ1v) is 9.76. The molecular weight excluding hydrogens is 280 g/mol.